The molecule has 10 heavy (non-hydrogen) atoms. The van der Waals surface area contributed by atoms with Crippen LogP contribution < -0.4 is 5.56 Å². The van der Waals surface area contributed by atoms with E-state index in [-0.39, 0.29) is 11.4 Å². The van der Waals surface area contributed by atoms with Gasteiger partial charge >= 0.3 is 0 Å². The molecule has 1 rings (SSSR count). The van der Waals surface area contributed by atoms with E-state index in [4.69, 9.17) is 5.11 Å². The molecule has 0 aliphatic heterocycles. The molecule has 3 heteroatoms. The van der Waals surface area contributed by atoms with E-state index in [1.807, 2.05) is 6.92 Å². The number of aromatic hydroxyl groups is 1. The zero-order valence-electron chi connectivity index (χ0n) is 5.72. The van der Waals surface area contributed by atoms with Gasteiger partial charge in [0.15, 0.2) is 5.88 Å². The molecule has 1 heterocycles. The fourth-order valence-electron chi connectivity index (χ4n) is 0.788. The second kappa shape index (κ2) is 2.56. The van der Waals surface area contributed by atoms with Gasteiger partial charge in [-0.25, -0.2) is 0 Å². The SMILES string of the molecule is CCc1cc(O)[nH]c(=O)c1. The van der Waals surface area contributed by atoms with Crippen molar-refractivity contribution in [1.82, 2.24) is 4.98 Å². The third-order valence-corrected chi connectivity index (χ3v) is 1.30. The highest BCUT2D eigenvalue weighted by molar-refractivity contribution is 5.18. The first-order chi connectivity index (χ1) is 4.72. The van der Waals surface area contributed by atoms with Crippen molar-refractivity contribution in [1.29, 1.82) is 0 Å². The van der Waals surface area contributed by atoms with E-state index in [1.165, 1.54) is 6.07 Å². The quantitative estimate of drug-likeness (QED) is 0.600. The van der Waals surface area contributed by atoms with Crippen LogP contribution in [-0.4, -0.2) is 10.1 Å². The van der Waals surface area contributed by atoms with Gasteiger partial charge in [0, 0.05) is 12.1 Å². The van der Waals surface area contributed by atoms with Gasteiger partial charge in [-0.3, -0.25) is 9.78 Å². The molecule has 0 aliphatic carbocycles. The van der Waals surface area contributed by atoms with E-state index in [0.29, 0.717) is 0 Å². The molecule has 1 aromatic heterocycles. The Morgan fingerprint density at radius 3 is 2.80 bits per heavy atom. The van der Waals surface area contributed by atoms with Crippen LogP contribution in [0.15, 0.2) is 16.9 Å². The maximum atomic E-state index is 10.7. The smallest absolute Gasteiger partial charge is 0.250 e. The fourth-order valence-corrected chi connectivity index (χ4v) is 0.788. The fraction of sp³-hybridized carbons (Fsp3) is 0.286. The molecular weight excluding hydrogens is 130 g/mol. The van der Waals surface area contributed by atoms with Crippen LogP contribution in [0.3, 0.4) is 0 Å². The van der Waals surface area contributed by atoms with Gasteiger partial charge in [0.05, 0.1) is 0 Å². The van der Waals surface area contributed by atoms with E-state index in [2.05, 4.69) is 4.98 Å². The minimum Gasteiger partial charge on any atom is -0.495 e. The number of nitrogens with one attached hydrogen (secondary N) is 1. The molecule has 0 unspecified atom stereocenters. The lowest BCUT2D eigenvalue weighted by Gasteiger charge is -1.94. The number of rotatable bonds is 1. The van der Waals surface area contributed by atoms with Crippen molar-refractivity contribution in [2.75, 3.05) is 0 Å². The first kappa shape index (κ1) is 6.86. The Morgan fingerprint density at radius 2 is 2.30 bits per heavy atom. The Balaban J connectivity index is 3.19. The van der Waals surface area contributed by atoms with Crippen molar-refractivity contribution in [3.63, 3.8) is 0 Å². The molecule has 0 aliphatic rings. The summed E-state index contributed by atoms with van der Waals surface area (Å²) in [6, 6.07) is 3.02. The maximum absolute atomic E-state index is 10.7. The summed E-state index contributed by atoms with van der Waals surface area (Å²) in [5.41, 5.74) is 0.595. The maximum Gasteiger partial charge on any atom is 0.250 e. The summed E-state index contributed by atoms with van der Waals surface area (Å²) >= 11 is 0. The third-order valence-electron chi connectivity index (χ3n) is 1.30. The molecule has 1 aromatic rings. The molecule has 2 N–H and O–H groups in total. The van der Waals surface area contributed by atoms with Gasteiger partial charge in [-0.1, -0.05) is 6.92 Å². The van der Waals surface area contributed by atoms with Crippen LogP contribution in [0, 0.1) is 0 Å². The lowest BCUT2D eigenvalue weighted by molar-refractivity contribution is 0.451. The first-order valence-electron chi connectivity index (χ1n) is 3.14. The molecule has 3 nitrogen and oxygen atoms in total. The van der Waals surface area contributed by atoms with Gasteiger partial charge in [-0.05, 0) is 12.0 Å². The van der Waals surface area contributed by atoms with Crippen LogP contribution in [0.1, 0.15) is 12.5 Å². The van der Waals surface area contributed by atoms with Crippen molar-refractivity contribution < 1.29 is 5.11 Å². The van der Waals surface area contributed by atoms with Crippen molar-refractivity contribution in [3.8, 4) is 5.88 Å². The van der Waals surface area contributed by atoms with E-state index < -0.39 is 0 Å². The number of aromatic amines is 1. The molecule has 0 fully saturated rings. The standard InChI is InChI=1S/C7H9NO2/c1-2-5-3-6(9)8-7(10)4-5/h3-4H,2H2,1H3,(H2,8,9,10). The summed E-state index contributed by atoms with van der Waals surface area (Å²) in [6.45, 7) is 1.92. The lowest BCUT2D eigenvalue weighted by Crippen LogP contribution is -2.04. The lowest BCUT2D eigenvalue weighted by atomic mass is 10.2. The molecular formula is C7H9NO2. The number of H-pyrrole nitrogens is 1. The molecule has 0 bridgehead atoms. The van der Waals surface area contributed by atoms with Crippen LogP contribution in [0.5, 0.6) is 5.88 Å². The first-order valence-corrected chi connectivity index (χ1v) is 3.14. The summed E-state index contributed by atoms with van der Waals surface area (Å²) in [5.74, 6) is -0.0654. The average Bonchev–Trinajstić information content (AvgIpc) is 1.85. The Labute approximate surface area is 58.3 Å². The highest BCUT2D eigenvalue weighted by Gasteiger charge is 1.93. The zero-order valence-corrected chi connectivity index (χ0v) is 5.72. The highest BCUT2D eigenvalue weighted by atomic mass is 16.3. The second-order valence-corrected chi connectivity index (χ2v) is 2.09. The van der Waals surface area contributed by atoms with Gasteiger partial charge in [0.1, 0.15) is 0 Å². The molecule has 0 amide bonds. The topological polar surface area (TPSA) is 53.1 Å². The third kappa shape index (κ3) is 1.37. The minimum absolute atomic E-state index is 0.0654. The van der Waals surface area contributed by atoms with Gasteiger partial charge in [0.25, 0.3) is 5.56 Å². The van der Waals surface area contributed by atoms with Crippen molar-refractivity contribution in [2.24, 2.45) is 0 Å². The Morgan fingerprint density at radius 1 is 1.60 bits per heavy atom. The average molecular weight is 139 g/mol. The molecule has 0 spiro atoms. The number of hydrogen-bond acceptors (Lipinski definition) is 2. The van der Waals surface area contributed by atoms with E-state index in [0.717, 1.165) is 12.0 Å². The molecule has 0 aromatic carbocycles. The normalized spacial score (nSPS) is 9.70. The van der Waals surface area contributed by atoms with Gasteiger partial charge in [-0.15, -0.1) is 0 Å². The van der Waals surface area contributed by atoms with Gasteiger partial charge < -0.3 is 5.11 Å². The molecule has 0 atom stereocenters. The predicted molar refractivity (Wildman–Crippen MR) is 38.1 cm³/mol. The van der Waals surface area contributed by atoms with Crippen LogP contribution in [0.4, 0.5) is 0 Å². The summed E-state index contributed by atoms with van der Waals surface area (Å²) < 4.78 is 0. The van der Waals surface area contributed by atoms with Crippen LogP contribution in [0.2, 0.25) is 0 Å². The Hall–Kier alpha value is -1.25. The largest absolute Gasteiger partial charge is 0.495 e. The second-order valence-electron chi connectivity index (χ2n) is 2.09. The number of aromatic nitrogens is 1. The number of hydrogen-bond donors (Lipinski definition) is 2. The minimum atomic E-state index is -0.253. The zero-order chi connectivity index (χ0) is 7.56. The summed E-state index contributed by atoms with van der Waals surface area (Å²) in [7, 11) is 0. The number of pyridine rings is 1. The molecule has 0 saturated carbocycles. The van der Waals surface area contributed by atoms with E-state index >= 15 is 0 Å². The van der Waals surface area contributed by atoms with E-state index in [1.54, 1.807) is 6.07 Å². The molecule has 0 saturated heterocycles. The monoisotopic (exact) mass is 139 g/mol. The molecule has 54 valence electrons. The summed E-state index contributed by atoms with van der Waals surface area (Å²) in [4.78, 5) is 12.9. The van der Waals surface area contributed by atoms with Crippen LogP contribution >= 0.6 is 0 Å². The van der Waals surface area contributed by atoms with Crippen LogP contribution in [-0.2, 0) is 6.42 Å². The van der Waals surface area contributed by atoms with E-state index in [9.17, 15) is 4.79 Å². The van der Waals surface area contributed by atoms with Crippen LogP contribution in [0.25, 0.3) is 0 Å². The summed E-state index contributed by atoms with van der Waals surface area (Å²) in [6.07, 6.45) is 0.761. The Kier molecular flexibility index (Phi) is 1.76. The van der Waals surface area contributed by atoms with Crippen molar-refractivity contribution in [2.45, 2.75) is 13.3 Å². The van der Waals surface area contributed by atoms with Gasteiger partial charge in [0.2, 0.25) is 0 Å². The predicted octanol–water partition coefficient (Wildman–Crippen LogP) is 0.643. The summed E-state index contributed by atoms with van der Waals surface area (Å²) in [5, 5.41) is 8.87. The number of aryl methyl sites for hydroxylation is 1. The highest BCUT2D eigenvalue weighted by Crippen LogP contribution is 2.03. The molecule has 0 radical (unpaired) electrons. The Bertz CT molecular complexity index is 277. The van der Waals surface area contributed by atoms with Crippen molar-refractivity contribution >= 4 is 0 Å². The van der Waals surface area contributed by atoms with Crippen molar-refractivity contribution in [3.05, 3.63) is 28.0 Å². The van der Waals surface area contributed by atoms with Gasteiger partial charge in [-0.2, -0.15) is 0 Å².